The van der Waals surface area contributed by atoms with Crippen molar-refractivity contribution in [3.8, 4) is 0 Å². The first kappa shape index (κ1) is 13.9. The molecular weight excluding hydrogens is 292 g/mol. The second kappa shape index (κ2) is 6.58. The van der Waals surface area contributed by atoms with E-state index >= 15 is 0 Å². The maximum atomic E-state index is 13.4. The summed E-state index contributed by atoms with van der Waals surface area (Å²) < 4.78 is 13.4. The molecule has 1 N–H and O–H groups in total. The zero-order valence-corrected chi connectivity index (χ0v) is 11.8. The van der Waals surface area contributed by atoms with Gasteiger partial charge in [-0.3, -0.25) is 0 Å². The average Bonchev–Trinajstić information content (AvgIpc) is 2.18. The monoisotopic (exact) mass is 307 g/mol. The van der Waals surface area contributed by atoms with Gasteiger partial charge in [0.1, 0.15) is 5.82 Å². The summed E-state index contributed by atoms with van der Waals surface area (Å²) in [6, 6.07) is 4.96. The number of rotatable bonds is 5. The minimum atomic E-state index is -0.212. The zero-order chi connectivity index (χ0) is 12.1. The molecule has 0 saturated carbocycles. The third-order valence-corrected chi connectivity index (χ3v) is 2.94. The molecule has 1 aromatic rings. The lowest BCUT2D eigenvalue weighted by Crippen LogP contribution is -2.27. The molecule has 0 fully saturated rings. The van der Waals surface area contributed by atoms with Crippen LogP contribution in [-0.2, 0) is 6.54 Å². The quantitative estimate of drug-likeness (QED) is 0.807. The predicted molar refractivity (Wildman–Crippen MR) is 70.7 cm³/mol. The molecule has 0 radical (unpaired) electrons. The Morgan fingerprint density at radius 3 is 2.75 bits per heavy atom. The number of halogens is 3. The van der Waals surface area contributed by atoms with Gasteiger partial charge in [-0.05, 0) is 31.5 Å². The second-order valence-corrected chi connectivity index (χ2v) is 6.03. The smallest absolute Gasteiger partial charge is 0.127 e. The van der Waals surface area contributed by atoms with Crippen LogP contribution >= 0.6 is 27.5 Å². The highest BCUT2D eigenvalue weighted by Crippen LogP contribution is 2.15. The van der Waals surface area contributed by atoms with Gasteiger partial charge in [-0.15, -0.1) is 0 Å². The van der Waals surface area contributed by atoms with Crippen LogP contribution < -0.4 is 5.32 Å². The second-order valence-electron chi connectivity index (χ2n) is 4.03. The lowest BCUT2D eigenvalue weighted by Gasteiger charge is -2.15. The summed E-state index contributed by atoms with van der Waals surface area (Å²) in [5.74, 6) is -0.212. The summed E-state index contributed by atoms with van der Waals surface area (Å²) in [6.45, 7) is 4.69. The molecule has 0 aliphatic carbocycles. The maximum Gasteiger partial charge on any atom is 0.127 e. The van der Waals surface area contributed by atoms with Crippen LogP contribution in [0.15, 0.2) is 18.2 Å². The van der Waals surface area contributed by atoms with Crippen molar-refractivity contribution in [1.82, 2.24) is 5.32 Å². The highest BCUT2D eigenvalue weighted by atomic mass is 79.9. The summed E-state index contributed by atoms with van der Waals surface area (Å²) in [7, 11) is 0. The summed E-state index contributed by atoms with van der Waals surface area (Å²) in [5.41, 5.74) is 0.613. The van der Waals surface area contributed by atoms with E-state index in [1.807, 2.05) is 0 Å². The van der Waals surface area contributed by atoms with Gasteiger partial charge in [0.25, 0.3) is 0 Å². The fourth-order valence-corrected chi connectivity index (χ4v) is 2.29. The third-order valence-electron chi connectivity index (χ3n) is 2.33. The molecule has 90 valence electrons. The largest absolute Gasteiger partial charge is 0.310 e. The molecule has 0 aromatic heterocycles. The van der Waals surface area contributed by atoms with E-state index in [-0.39, 0.29) is 5.82 Å². The van der Waals surface area contributed by atoms with Crippen molar-refractivity contribution in [3.05, 3.63) is 34.6 Å². The van der Waals surface area contributed by atoms with Gasteiger partial charge in [0.2, 0.25) is 0 Å². The Hall–Kier alpha value is -0.120. The number of nitrogens with one attached hydrogen (secondary N) is 1. The van der Waals surface area contributed by atoms with Crippen molar-refractivity contribution < 1.29 is 4.39 Å². The van der Waals surface area contributed by atoms with E-state index in [0.29, 0.717) is 28.0 Å². The predicted octanol–water partition coefficient (Wildman–Crippen LogP) is 4.13. The molecule has 0 saturated heterocycles. The Balaban J connectivity index is 2.51. The summed E-state index contributed by atoms with van der Waals surface area (Å²) >= 11 is 9.31. The maximum absolute atomic E-state index is 13.4. The van der Waals surface area contributed by atoms with E-state index in [0.717, 1.165) is 6.42 Å². The molecule has 16 heavy (non-hydrogen) atoms. The van der Waals surface area contributed by atoms with Crippen molar-refractivity contribution in [3.63, 3.8) is 0 Å². The van der Waals surface area contributed by atoms with Gasteiger partial charge in [-0.25, -0.2) is 4.39 Å². The number of hydrogen-bond acceptors (Lipinski definition) is 1. The molecule has 4 heteroatoms. The lowest BCUT2D eigenvalue weighted by molar-refractivity contribution is 0.502. The molecule has 1 aromatic carbocycles. The lowest BCUT2D eigenvalue weighted by atomic mass is 10.1. The van der Waals surface area contributed by atoms with Crippen LogP contribution in [0.4, 0.5) is 4.39 Å². The Bertz CT molecular complexity index is 344. The molecule has 0 amide bonds. The van der Waals surface area contributed by atoms with Crippen LogP contribution in [0.3, 0.4) is 0 Å². The van der Waals surface area contributed by atoms with Crippen LogP contribution in [0.2, 0.25) is 5.02 Å². The van der Waals surface area contributed by atoms with E-state index in [2.05, 4.69) is 35.1 Å². The molecule has 2 atom stereocenters. The van der Waals surface area contributed by atoms with Crippen LogP contribution in [0.5, 0.6) is 0 Å². The van der Waals surface area contributed by atoms with Crippen molar-refractivity contribution in [2.24, 2.45) is 0 Å². The van der Waals surface area contributed by atoms with E-state index in [1.165, 1.54) is 6.07 Å². The zero-order valence-electron chi connectivity index (χ0n) is 9.43. The summed E-state index contributed by atoms with van der Waals surface area (Å²) in [4.78, 5) is 0.458. The Morgan fingerprint density at radius 1 is 1.44 bits per heavy atom. The molecule has 0 aliphatic rings. The van der Waals surface area contributed by atoms with Crippen LogP contribution in [0, 0.1) is 5.82 Å². The fourth-order valence-electron chi connectivity index (χ4n) is 1.53. The van der Waals surface area contributed by atoms with E-state index in [4.69, 9.17) is 11.6 Å². The molecule has 2 unspecified atom stereocenters. The molecule has 0 spiro atoms. The first-order valence-electron chi connectivity index (χ1n) is 5.30. The van der Waals surface area contributed by atoms with Crippen LogP contribution in [0.1, 0.15) is 25.8 Å². The van der Waals surface area contributed by atoms with Gasteiger partial charge in [0.05, 0.1) is 0 Å². The molecule has 1 rings (SSSR count). The highest BCUT2D eigenvalue weighted by molar-refractivity contribution is 9.09. The molecule has 0 heterocycles. The highest BCUT2D eigenvalue weighted by Gasteiger charge is 2.07. The van der Waals surface area contributed by atoms with Gasteiger partial charge in [0, 0.05) is 28.0 Å². The minimum Gasteiger partial charge on any atom is -0.310 e. The summed E-state index contributed by atoms with van der Waals surface area (Å²) in [6.07, 6.45) is 1.00. The Kier molecular flexibility index (Phi) is 5.73. The SMILES string of the molecule is CC(Br)CC(C)NCc1cc(Cl)ccc1F. The first-order chi connectivity index (χ1) is 7.49. The van der Waals surface area contributed by atoms with E-state index in [1.54, 1.807) is 12.1 Å². The molecule has 1 nitrogen and oxygen atoms in total. The van der Waals surface area contributed by atoms with Gasteiger partial charge in [0.15, 0.2) is 0 Å². The Morgan fingerprint density at radius 2 is 2.12 bits per heavy atom. The summed E-state index contributed by atoms with van der Waals surface area (Å²) in [5, 5.41) is 3.84. The Labute approximate surface area is 110 Å². The fraction of sp³-hybridized carbons (Fsp3) is 0.500. The number of hydrogen-bond donors (Lipinski definition) is 1. The molecule has 0 bridgehead atoms. The normalized spacial score (nSPS) is 14.8. The molecular formula is C12H16BrClFN. The van der Waals surface area contributed by atoms with Crippen LogP contribution in [-0.4, -0.2) is 10.9 Å². The first-order valence-corrected chi connectivity index (χ1v) is 6.59. The topological polar surface area (TPSA) is 12.0 Å². The van der Waals surface area contributed by atoms with Crippen molar-refractivity contribution in [2.75, 3.05) is 0 Å². The minimum absolute atomic E-state index is 0.212. The van der Waals surface area contributed by atoms with Gasteiger partial charge in [-0.1, -0.05) is 34.5 Å². The van der Waals surface area contributed by atoms with Gasteiger partial charge >= 0.3 is 0 Å². The van der Waals surface area contributed by atoms with Gasteiger partial charge < -0.3 is 5.32 Å². The van der Waals surface area contributed by atoms with Crippen molar-refractivity contribution in [2.45, 2.75) is 37.7 Å². The molecule has 0 aliphatic heterocycles. The van der Waals surface area contributed by atoms with E-state index < -0.39 is 0 Å². The van der Waals surface area contributed by atoms with Crippen molar-refractivity contribution >= 4 is 27.5 Å². The van der Waals surface area contributed by atoms with E-state index in [9.17, 15) is 4.39 Å². The van der Waals surface area contributed by atoms with Crippen molar-refractivity contribution in [1.29, 1.82) is 0 Å². The average molecular weight is 309 g/mol. The third kappa shape index (κ3) is 4.81. The number of benzene rings is 1. The standard InChI is InChI=1S/C12H16BrClFN/c1-8(13)5-9(2)16-7-10-6-11(14)3-4-12(10)15/h3-4,6,8-9,16H,5,7H2,1-2H3. The number of alkyl halides is 1. The van der Waals surface area contributed by atoms with Crippen LogP contribution in [0.25, 0.3) is 0 Å². The van der Waals surface area contributed by atoms with Gasteiger partial charge in [-0.2, -0.15) is 0 Å².